The summed E-state index contributed by atoms with van der Waals surface area (Å²) >= 11 is 7.37. The fraction of sp³-hybridized carbons (Fsp3) is 0.467. The summed E-state index contributed by atoms with van der Waals surface area (Å²) in [7, 11) is 3.38. The molecule has 2 heterocycles. The van der Waals surface area contributed by atoms with E-state index in [4.69, 9.17) is 21.1 Å². The number of aromatic nitrogens is 2. The van der Waals surface area contributed by atoms with Crippen molar-refractivity contribution in [2.45, 2.75) is 25.4 Å². The summed E-state index contributed by atoms with van der Waals surface area (Å²) in [4.78, 5) is 2.37. The van der Waals surface area contributed by atoms with Crippen LogP contribution in [-0.4, -0.2) is 35.3 Å². The maximum Gasteiger partial charge on any atom is 0.138 e. The second-order valence-corrected chi connectivity index (χ2v) is 6.59. The molecule has 3 rings (SSSR count). The Morgan fingerprint density at radius 1 is 1.36 bits per heavy atom. The lowest BCUT2D eigenvalue weighted by Crippen LogP contribution is -2.23. The second kappa shape index (κ2) is 6.81. The van der Waals surface area contributed by atoms with Gasteiger partial charge in [0.1, 0.15) is 21.5 Å². The van der Waals surface area contributed by atoms with Crippen molar-refractivity contribution in [3.05, 3.63) is 33.8 Å². The quantitative estimate of drug-likeness (QED) is 0.833. The number of methoxy groups -OCH3 is 2. The van der Waals surface area contributed by atoms with Crippen LogP contribution < -0.4 is 9.47 Å². The molecule has 2 aromatic rings. The van der Waals surface area contributed by atoms with Crippen LogP contribution in [0.2, 0.25) is 4.34 Å². The van der Waals surface area contributed by atoms with Gasteiger partial charge in [0.05, 0.1) is 14.2 Å². The van der Waals surface area contributed by atoms with Crippen LogP contribution in [0.4, 0.5) is 0 Å². The van der Waals surface area contributed by atoms with E-state index < -0.39 is 0 Å². The molecule has 1 aliphatic heterocycles. The molecule has 0 unspecified atom stereocenters. The highest BCUT2D eigenvalue weighted by Gasteiger charge is 2.29. The number of hydrogen-bond acceptors (Lipinski definition) is 6. The molecule has 1 aliphatic rings. The summed E-state index contributed by atoms with van der Waals surface area (Å²) in [5.41, 5.74) is 2.00. The van der Waals surface area contributed by atoms with Crippen molar-refractivity contribution in [1.29, 1.82) is 0 Å². The van der Waals surface area contributed by atoms with Crippen LogP contribution in [0.3, 0.4) is 0 Å². The van der Waals surface area contributed by atoms with Crippen LogP contribution in [0.25, 0.3) is 0 Å². The molecule has 1 aromatic carbocycles. The van der Waals surface area contributed by atoms with E-state index in [-0.39, 0.29) is 6.04 Å². The molecule has 1 aromatic heterocycles. The summed E-state index contributed by atoms with van der Waals surface area (Å²) < 4.78 is 15.5. The summed E-state index contributed by atoms with van der Waals surface area (Å²) in [6.07, 6.45) is 2.22. The first-order chi connectivity index (χ1) is 10.7. The van der Waals surface area contributed by atoms with Gasteiger partial charge in [-0.3, -0.25) is 4.90 Å². The van der Waals surface area contributed by atoms with Crippen LogP contribution in [0.1, 0.15) is 30.1 Å². The zero-order chi connectivity index (χ0) is 15.5. The van der Waals surface area contributed by atoms with E-state index in [1.54, 1.807) is 14.2 Å². The first-order valence-electron chi connectivity index (χ1n) is 7.15. The molecule has 0 aliphatic carbocycles. The van der Waals surface area contributed by atoms with Gasteiger partial charge < -0.3 is 9.47 Å². The minimum Gasteiger partial charge on any atom is -0.497 e. The van der Waals surface area contributed by atoms with Crippen LogP contribution >= 0.6 is 23.1 Å². The Bertz CT molecular complexity index is 649. The summed E-state index contributed by atoms with van der Waals surface area (Å²) in [5.74, 6) is 1.73. The van der Waals surface area contributed by atoms with E-state index in [1.165, 1.54) is 11.5 Å². The molecular weight excluding hydrogens is 322 g/mol. The lowest BCUT2D eigenvalue weighted by atomic mass is 10.0. The summed E-state index contributed by atoms with van der Waals surface area (Å²) in [6.45, 7) is 1.72. The Balaban J connectivity index is 1.88. The van der Waals surface area contributed by atoms with Gasteiger partial charge in [-0.25, -0.2) is 0 Å². The molecule has 118 valence electrons. The van der Waals surface area contributed by atoms with E-state index in [1.807, 2.05) is 12.1 Å². The van der Waals surface area contributed by atoms with E-state index in [9.17, 15) is 0 Å². The molecule has 22 heavy (non-hydrogen) atoms. The van der Waals surface area contributed by atoms with Gasteiger partial charge in [-0.2, -0.15) is 0 Å². The molecule has 1 saturated heterocycles. The minimum atomic E-state index is 0.280. The lowest BCUT2D eigenvalue weighted by molar-refractivity contribution is 0.239. The predicted molar refractivity (Wildman–Crippen MR) is 86.9 cm³/mol. The predicted octanol–water partition coefficient (Wildman–Crippen LogP) is 3.55. The summed E-state index contributed by atoms with van der Waals surface area (Å²) in [6, 6.07) is 6.22. The van der Waals surface area contributed by atoms with Crippen molar-refractivity contribution < 1.29 is 9.47 Å². The van der Waals surface area contributed by atoms with Crippen molar-refractivity contribution in [1.82, 2.24) is 14.5 Å². The molecule has 0 N–H and O–H groups in total. The van der Waals surface area contributed by atoms with Crippen LogP contribution in [0.5, 0.6) is 11.5 Å². The monoisotopic (exact) mass is 339 g/mol. The van der Waals surface area contributed by atoms with E-state index in [2.05, 4.69) is 20.6 Å². The number of rotatable bonds is 5. The lowest BCUT2D eigenvalue weighted by Gasteiger charge is -2.25. The SMILES string of the molecule is COc1ccc(OC)c([C@H]2CCCN2Cc2nnsc2Cl)c1. The Kier molecular flexibility index (Phi) is 4.81. The third-order valence-electron chi connectivity index (χ3n) is 4.02. The Hall–Kier alpha value is -1.37. The number of ether oxygens (including phenoxy) is 2. The van der Waals surface area contributed by atoms with Crippen molar-refractivity contribution in [2.24, 2.45) is 0 Å². The first kappa shape index (κ1) is 15.5. The van der Waals surface area contributed by atoms with E-state index in [0.717, 1.165) is 42.1 Å². The smallest absolute Gasteiger partial charge is 0.138 e. The maximum atomic E-state index is 6.14. The average molecular weight is 340 g/mol. The Labute approximate surface area is 139 Å². The molecule has 1 fully saturated rings. The standard InChI is InChI=1S/C15H18ClN3O2S/c1-20-10-5-6-14(21-2)11(8-10)13-4-3-7-19(13)9-12-15(16)22-18-17-12/h5-6,8,13H,3-4,7,9H2,1-2H3/t13-/m1/s1. The van der Waals surface area contributed by atoms with Gasteiger partial charge in [0.25, 0.3) is 0 Å². The third-order valence-corrected chi connectivity index (χ3v) is 5.01. The van der Waals surface area contributed by atoms with Crippen LogP contribution in [0.15, 0.2) is 18.2 Å². The molecule has 5 nitrogen and oxygen atoms in total. The largest absolute Gasteiger partial charge is 0.497 e. The number of nitrogens with zero attached hydrogens (tertiary/aromatic N) is 3. The molecule has 7 heteroatoms. The molecule has 0 amide bonds. The molecular formula is C15H18ClN3O2S. The van der Waals surface area contributed by atoms with Gasteiger partial charge in [-0.05, 0) is 37.6 Å². The topological polar surface area (TPSA) is 47.5 Å². The highest BCUT2D eigenvalue weighted by Crippen LogP contribution is 2.39. The van der Waals surface area contributed by atoms with Gasteiger partial charge >= 0.3 is 0 Å². The fourth-order valence-electron chi connectivity index (χ4n) is 2.95. The number of benzene rings is 1. The zero-order valence-electron chi connectivity index (χ0n) is 12.6. The first-order valence-corrected chi connectivity index (χ1v) is 8.30. The molecule has 0 saturated carbocycles. The fourth-order valence-corrected chi connectivity index (χ4v) is 3.56. The minimum absolute atomic E-state index is 0.280. The second-order valence-electron chi connectivity index (χ2n) is 5.23. The van der Waals surface area contributed by atoms with E-state index >= 15 is 0 Å². The van der Waals surface area contributed by atoms with Gasteiger partial charge in [0, 0.05) is 29.7 Å². The van der Waals surface area contributed by atoms with Gasteiger partial charge in [-0.1, -0.05) is 16.1 Å². The van der Waals surface area contributed by atoms with Gasteiger partial charge in [0.15, 0.2) is 0 Å². The van der Waals surface area contributed by atoms with Crippen molar-refractivity contribution in [3.8, 4) is 11.5 Å². The normalized spacial score (nSPS) is 18.6. The van der Waals surface area contributed by atoms with Crippen molar-refractivity contribution in [3.63, 3.8) is 0 Å². The van der Waals surface area contributed by atoms with Crippen LogP contribution in [0, 0.1) is 0 Å². The van der Waals surface area contributed by atoms with Gasteiger partial charge in [0.2, 0.25) is 0 Å². The highest BCUT2D eigenvalue weighted by molar-refractivity contribution is 7.10. The van der Waals surface area contributed by atoms with Crippen LogP contribution in [-0.2, 0) is 6.54 Å². The Morgan fingerprint density at radius 3 is 2.91 bits per heavy atom. The zero-order valence-corrected chi connectivity index (χ0v) is 14.2. The number of halogens is 1. The van der Waals surface area contributed by atoms with Crippen molar-refractivity contribution >= 4 is 23.1 Å². The van der Waals surface area contributed by atoms with Crippen molar-refractivity contribution in [2.75, 3.05) is 20.8 Å². The average Bonchev–Trinajstić information content (AvgIpc) is 3.16. The molecule has 1 atom stereocenters. The number of likely N-dealkylation sites (tertiary alicyclic amines) is 1. The molecule has 0 spiro atoms. The third kappa shape index (κ3) is 3.04. The van der Waals surface area contributed by atoms with E-state index in [0.29, 0.717) is 10.9 Å². The summed E-state index contributed by atoms with van der Waals surface area (Å²) in [5, 5.41) is 4.12. The molecule has 0 radical (unpaired) electrons. The van der Waals surface area contributed by atoms with Gasteiger partial charge in [-0.15, -0.1) is 5.10 Å². The maximum absolute atomic E-state index is 6.14. The highest BCUT2D eigenvalue weighted by atomic mass is 35.5. The Morgan fingerprint density at radius 2 is 2.23 bits per heavy atom. The number of hydrogen-bond donors (Lipinski definition) is 0. The molecule has 0 bridgehead atoms.